The largest absolute Gasteiger partial charge is 0.392 e. The summed E-state index contributed by atoms with van der Waals surface area (Å²) >= 11 is 0. The van der Waals surface area contributed by atoms with Crippen molar-refractivity contribution in [1.82, 2.24) is 4.90 Å². The SMILES string of the molecule is C=C1CC2CCC3C(C)C(O)C(C)C(C1)N23. The number of hydrogen-bond donors (Lipinski definition) is 1. The van der Waals surface area contributed by atoms with Crippen LogP contribution in [0.4, 0.5) is 0 Å². The highest BCUT2D eigenvalue weighted by Gasteiger charge is 2.51. The molecular weight excluding hydrogens is 198 g/mol. The summed E-state index contributed by atoms with van der Waals surface area (Å²) in [5.41, 5.74) is 1.40. The first kappa shape index (κ1) is 10.8. The molecule has 3 heterocycles. The zero-order chi connectivity index (χ0) is 11.4. The van der Waals surface area contributed by atoms with Gasteiger partial charge in [0.25, 0.3) is 0 Å². The molecule has 0 bridgehead atoms. The molecule has 0 aromatic heterocycles. The summed E-state index contributed by atoms with van der Waals surface area (Å²) in [4.78, 5) is 2.73. The van der Waals surface area contributed by atoms with Gasteiger partial charge in [-0.2, -0.15) is 0 Å². The van der Waals surface area contributed by atoms with E-state index in [-0.39, 0.29) is 6.10 Å². The fourth-order valence-corrected chi connectivity index (χ4v) is 4.40. The Morgan fingerprint density at radius 1 is 1.12 bits per heavy atom. The van der Waals surface area contributed by atoms with Crippen LogP contribution in [0.3, 0.4) is 0 Å². The van der Waals surface area contributed by atoms with E-state index in [0.717, 1.165) is 12.5 Å². The van der Waals surface area contributed by atoms with Crippen LogP contribution in [-0.2, 0) is 0 Å². The van der Waals surface area contributed by atoms with E-state index in [9.17, 15) is 5.11 Å². The van der Waals surface area contributed by atoms with Gasteiger partial charge in [0.1, 0.15) is 0 Å². The molecule has 6 unspecified atom stereocenters. The van der Waals surface area contributed by atoms with E-state index in [2.05, 4.69) is 25.3 Å². The minimum absolute atomic E-state index is 0.115. The van der Waals surface area contributed by atoms with E-state index in [1.54, 1.807) is 0 Å². The molecule has 1 N–H and O–H groups in total. The van der Waals surface area contributed by atoms with E-state index in [1.807, 2.05) is 0 Å². The molecule has 0 aromatic rings. The Balaban J connectivity index is 1.94. The Morgan fingerprint density at radius 2 is 1.81 bits per heavy atom. The molecule has 2 heteroatoms. The lowest BCUT2D eigenvalue weighted by Gasteiger charge is -2.53. The second-order valence-corrected chi connectivity index (χ2v) is 6.18. The van der Waals surface area contributed by atoms with E-state index in [0.29, 0.717) is 23.9 Å². The highest BCUT2D eigenvalue weighted by Crippen LogP contribution is 2.47. The van der Waals surface area contributed by atoms with Gasteiger partial charge in [0.05, 0.1) is 6.10 Å². The minimum atomic E-state index is -0.115. The molecule has 0 amide bonds. The van der Waals surface area contributed by atoms with Gasteiger partial charge in [-0.3, -0.25) is 4.90 Å². The van der Waals surface area contributed by atoms with Crippen molar-refractivity contribution in [3.63, 3.8) is 0 Å². The van der Waals surface area contributed by atoms with E-state index >= 15 is 0 Å². The average Bonchev–Trinajstić information content (AvgIpc) is 2.67. The van der Waals surface area contributed by atoms with Crippen molar-refractivity contribution in [3.8, 4) is 0 Å². The van der Waals surface area contributed by atoms with Crippen LogP contribution in [-0.4, -0.2) is 34.2 Å². The lowest BCUT2D eigenvalue weighted by atomic mass is 9.74. The number of nitrogens with zero attached hydrogens (tertiary/aromatic N) is 1. The van der Waals surface area contributed by atoms with Crippen LogP contribution in [0.1, 0.15) is 39.5 Å². The molecule has 3 fully saturated rings. The fourth-order valence-electron chi connectivity index (χ4n) is 4.40. The maximum atomic E-state index is 10.3. The average molecular weight is 221 g/mol. The monoisotopic (exact) mass is 221 g/mol. The first-order valence-electron chi connectivity index (χ1n) is 6.71. The Morgan fingerprint density at radius 3 is 2.56 bits per heavy atom. The van der Waals surface area contributed by atoms with Crippen LogP contribution in [0.5, 0.6) is 0 Å². The summed E-state index contributed by atoms with van der Waals surface area (Å²) in [6.07, 6.45) is 4.78. The van der Waals surface area contributed by atoms with Gasteiger partial charge in [0.2, 0.25) is 0 Å². The molecule has 0 spiro atoms. The summed E-state index contributed by atoms with van der Waals surface area (Å²) in [6.45, 7) is 8.64. The standard InChI is InChI=1S/C14H23NO/c1-8-6-11-4-5-12-9(2)14(16)10(3)13(7-8)15(11)12/h9-14,16H,1,4-7H2,2-3H3. The topological polar surface area (TPSA) is 23.5 Å². The third-order valence-electron chi connectivity index (χ3n) is 5.30. The number of piperidine rings is 2. The van der Waals surface area contributed by atoms with E-state index in [1.165, 1.54) is 24.8 Å². The van der Waals surface area contributed by atoms with Crippen LogP contribution in [0.15, 0.2) is 12.2 Å². The second kappa shape index (κ2) is 3.58. The molecule has 90 valence electrons. The third-order valence-corrected chi connectivity index (χ3v) is 5.30. The van der Waals surface area contributed by atoms with E-state index < -0.39 is 0 Å². The van der Waals surface area contributed by atoms with Crippen molar-refractivity contribution in [1.29, 1.82) is 0 Å². The maximum absolute atomic E-state index is 10.3. The van der Waals surface area contributed by atoms with Crippen molar-refractivity contribution in [2.45, 2.75) is 63.8 Å². The number of aliphatic hydroxyl groups excluding tert-OH is 1. The smallest absolute Gasteiger partial charge is 0.0621 e. The molecule has 3 rings (SSSR count). The molecule has 3 aliphatic heterocycles. The zero-order valence-corrected chi connectivity index (χ0v) is 10.4. The quantitative estimate of drug-likeness (QED) is 0.634. The van der Waals surface area contributed by atoms with Crippen LogP contribution in [0, 0.1) is 11.8 Å². The summed E-state index contributed by atoms with van der Waals surface area (Å²) in [5, 5.41) is 10.3. The van der Waals surface area contributed by atoms with Crippen LogP contribution in [0.2, 0.25) is 0 Å². The molecule has 0 aliphatic carbocycles. The van der Waals surface area contributed by atoms with Crippen molar-refractivity contribution < 1.29 is 5.11 Å². The van der Waals surface area contributed by atoms with Gasteiger partial charge in [-0.1, -0.05) is 26.0 Å². The lowest BCUT2D eigenvalue weighted by molar-refractivity contribution is -0.0858. The Kier molecular flexibility index (Phi) is 2.41. The fraction of sp³-hybridized carbons (Fsp3) is 0.857. The molecule has 2 nitrogen and oxygen atoms in total. The molecule has 3 aliphatic rings. The molecular formula is C14H23NO. The molecule has 0 aromatic carbocycles. The predicted octanol–water partition coefficient (Wildman–Crippen LogP) is 2.18. The van der Waals surface area contributed by atoms with Gasteiger partial charge in [-0.05, 0) is 37.5 Å². The Labute approximate surface area is 98.3 Å². The summed E-state index contributed by atoms with van der Waals surface area (Å²) < 4.78 is 0. The van der Waals surface area contributed by atoms with Gasteiger partial charge in [0.15, 0.2) is 0 Å². The van der Waals surface area contributed by atoms with Gasteiger partial charge in [-0.25, -0.2) is 0 Å². The molecule has 16 heavy (non-hydrogen) atoms. The second-order valence-electron chi connectivity index (χ2n) is 6.18. The number of rotatable bonds is 0. The third kappa shape index (κ3) is 1.32. The Hall–Kier alpha value is -0.340. The van der Waals surface area contributed by atoms with Gasteiger partial charge >= 0.3 is 0 Å². The van der Waals surface area contributed by atoms with E-state index in [4.69, 9.17) is 0 Å². The van der Waals surface area contributed by atoms with Gasteiger partial charge in [0, 0.05) is 18.1 Å². The molecule has 3 saturated heterocycles. The highest BCUT2D eigenvalue weighted by atomic mass is 16.3. The van der Waals surface area contributed by atoms with Crippen molar-refractivity contribution in [2.24, 2.45) is 11.8 Å². The van der Waals surface area contributed by atoms with Gasteiger partial charge < -0.3 is 5.11 Å². The van der Waals surface area contributed by atoms with Crippen LogP contribution >= 0.6 is 0 Å². The summed E-state index contributed by atoms with van der Waals surface area (Å²) in [5.74, 6) is 0.853. The summed E-state index contributed by atoms with van der Waals surface area (Å²) in [6, 6.07) is 1.92. The van der Waals surface area contributed by atoms with Crippen LogP contribution in [0.25, 0.3) is 0 Å². The number of hydrogen-bond acceptors (Lipinski definition) is 2. The first-order valence-corrected chi connectivity index (χ1v) is 6.71. The molecule has 0 radical (unpaired) electrons. The maximum Gasteiger partial charge on any atom is 0.0621 e. The zero-order valence-electron chi connectivity index (χ0n) is 10.4. The van der Waals surface area contributed by atoms with Gasteiger partial charge in [-0.15, -0.1) is 0 Å². The molecule has 0 saturated carbocycles. The van der Waals surface area contributed by atoms with Crippen LogP contribution < -0.4 is 0 Å². The minimum Gasteiger partial charge on any atom is -0.392 e. The molecule has 6 atom stereocenters. The Bertz CT molecular complexity index is 314. The normalized spacial score (nSPS) is 52.8. The van der Waals surface area contributed by atoms with Crippen molar-refractivity contribution >= 4 is 0 Å². The highest BCUT2D eigenvalue weighted by molar-refractivity contribution is 5.15. The number of aliphatic hydroxyl groups is 1. The first-order chi connectivity index (χ1) is 7.59. The van der Waals surface area contributed by atoms with Crippen molar-refractivity contribution in [2.75, 3.05) is 0 Å². The summed E-state index contributed by atoms with van der Waals surface area (Å²) in [7, 11) is 0. The van der Waals surface area contributed by atoms with Crippen molar-refractivity contribution in [3.05, 3.63) is 12.2 Å². The lowest BCUT2D eigenvalue weighted by Crippen LogP contribution is -2.61. The predicted molar refractivity (Wildman–Crippen MR) is 65.1 cm³/mol.